The Balaban J connectivity index is 1.59. The molecule has 0 aliphatic carbocycles. The van der Waals surface area contributed by atoms with E-state index < -0.39 is 5.97 Å². The van der Waals surface area contributed by atoms with Crippen molar-refractivity contribution in [2.24, 2.45) is 0 Å². The summed E-state index contributed by atoms with van der Waals surface area (Å²) in [5, 5.41) is 18.7. The summed E-state index contributed by atoms with van der Waals surface area (Å²) in [5.74, 6) is 0.152. The highest BCUT2D eigenvalue weighted by Crippen LogP contribution is 2.26. The first-order chi connectivity index (χ1) is 15.0. The van der Waals surface area contributed by atoms with Crippen molar-refractivity contribution in [2.45, 2.75) is 13.5 Å². The van der Waals surface area contributed by atoms with Crippen LogP contribution >= 0.6 is 0 Å². The molecule has 2 N–H and O–H groups in total. The van der Waals surface area contributed by atoms with E-state index >= 15 is 0 Å². The predicted molar refractivity (Wildman–Crippen MR) is 118 cm³/mol. The fraction of sp³-hybridized carbons (Fsp3) is 0.0800. The topological polar surface area (TPSA) is 99.0 Å². The molecule has 0 amide bonds. The van der Waals surface area contributed by atoms with Gasteiger partial charge in [-0.05, 0) is 54.5 Å². The Hall–Kier alpha value is -4.37. The Kier molecular flexibility index (Phi) is 5.50. The highest BCUT2D eigenvalue weighted by atomic mass is 16.5. The predicted octanol–water partition coefficient (Wildman–Crippen LogP) is 5.21. The van der Waals surface area contributed by atoms with Gasteiger partial charge in [-0.1, -0.05) is 36.4 Å². The summed E-state index contributed by atoms with van der Waals surface area (Å²) < 4.78 is 5.95. The largest absolute Gasteiger partial charge is 0.488 e. The third-order valence-corrected chi connectivity index (χ3v) is 4.83. The van der Waals surface area contributed by atoms with Crippen molar-refractivity contribution >= 4 is 28.7 Å². The Morgan fingerprint density at radius 2 is 1.94 bits per heavy atom. The number of H-pyrrole nitrogens is 1. The van der Waals surface area contributed by atoms with E-state index in [0.29, 0.717) is 17.1 Å². The number of imidazole rings is 1. The van der Waals surface area contributed by atoms with Gasteiger partial charge in [0.2, 0.25) is 0 Å². The van der Waals surface area contributed by atoms with Gasteiger partial charge in [0.25, 0.3) is 0 Å². The number of benzene rings is 3. The van der Waals surface area contributed by atoms with Gasteiger partial charge in [0, 0.05) is 5.56 Å². The number of aromatic nitrogens is 2. The smallest absolute Gasteiger partial charge is 0.335 e. The van der Waals surface area contributed by atoms with E-state index in [1.807, 2.05) is 49.4 Å². The molecule has 3 aromatic carbocycles. The molecule has 0 aliphatic rings. The maximum Gasteiger partial charge on any atom is 0.335 e. The zero-order valence-electron chi connectivity index (χ0n) is 16.8. The molecule has 0 atom stereocenters. The first-order valence-corrected chi connectivity index (χ1v) is 9.66. The number of aromatic amines is 1. The number of nitrogens with zero attached hydrogens (tertiary/aromatic N) is 2. The lowest BCUT2D eigenvalue weighted by atomic mass is 10.1. The summed E-state index contributed by atoms with van der Waals surface area (Å²) in [5.41, 5.74) is 5.01. The second-order valence-electron chi connectivity index (χ2n) is 7.10. The summed E-state index contributed by atoms with van der Waals surface area (Å²) in [6, 6.07) is 22.1. The highest BCUT2D eigenvalue weighted by molar-refractivity contribution is 5.91. The van der Waals surface area contributed by atoms with Crippen LogP contribution < -0.4 is 4.74 Å². The van der Waals surface area contributed by atoms with Gasteiger partial charge < -0.3 is 14.8 Å². The van der Waals surface area contributed by atoms with Crippen LogP contribution in [-0.2, 0) is 6.61 Å². The van der Waals surface area contributed by atoms with Gasteiger partial charge >= 0.3 is 5.97 Å². The summed E-state index contributed by atoms with van der Waals surface area (Å²) in [6.45, 7) is 2.28. The van der Waals surface area contributed by atoms with E-state index in [1.54, 1.807) is 30.3 Å². The Bertz CT molecular complexity index is 1330. The molecule has 4 aromatic rings. The number of nitriles is 1. The second-order valence-corrected chi connectivity index (χ2v) is 7.10. The van der Waals surface area contributed by atoms with Crippen LogP contribution in [0.3, 0.4) is 0 Å². The number of carboxylic acids is 1. The van der Waals surface area contributed by atoms with Crippen molar-refractivity contribution in [3.05, 3.63) is 94.8 Å². The van der Waals surface area contributed by atoms with Crippen molar-refractivity contribution in [1.82, 2.24) is 9.97 Å². The average Bonchev–Trinajstić information content (AvgIpc) is 3.19. The zero-order valence-corrected chi connectivity index (χ0v) is 16.8. The van der Waals surface area contributed by atoms with E-state index in [0.717, 1.165) is 27.7 Å². The van der Waals surface area contributed by atoms with Crippen molar-refractivity contribution < 1.29 is 14.6 Å². The number of carboxylic acid groups (broad SMARTS) is 1. The molecular formula is C25H19N3O3. The summed E-state index contributed by atoms with van der Waals surface area (Å²) in [4.78, 5) is 18.7. The van der Waals surface area contributed by atoms with Gasteiger partial charge in [0.05, 0.1) is 22.2 Å². The van der Waals surface area contributed by atoms with Crippen molar-refractivity contribution in [3.8, 4) is 11.8 Å². The molecular weight excluding hydrogens is 390 g/mol. The van der Waals surface area contributed by atoms with Crippen LogP contribution in [-0.4, -0.2) is 21.0 Å². The van der Waals surface area contributed by atoms with E-state index in [2.05, 4.69) is 16.0 Å². The van der Waals surface area contributed by atoms with Gasteiger partial charge in [0.15, 0.2) is 0 Å². The summed E-state index contributed by atoms with van der Waals surface area (Å²) in [6.07, 6.45) is 1.74. The molecule has 31 heavy (non-hydrogen) atoms. The Morgan fingerprint density at radius 3 is 2.68 bits per heavy atom. The first-order valence-electron chi connectivity index (χ1n) is 9.66. The lowest BCUT2D eigenvalue weighted by Gasteiger charge is -2.10. The van der Waals surface area contributed by atoms with Gasteiger partial charge in [-0.2, -0.15) is 5.26 Å². The number of nitrogens with one attached hydrogen (secondary N) is 1. The molecule has 0 unspecified atom stereocenters. The molecule has 1 aromatic heterocycles. The number of hydrogen-bond acceptors (Lipinski definition) is 4. The molecule has 0 bridgehead atoms. The highest BCUT2D eigenvalue weighted by Gasteiger charge is 2.10. The van der Waals surface area contributed by atoms with E-state index in [4.69, 9.17) is 9.84 Å². The van der Waals surface area contributed by atoms with Crippen LogP contribution in [0.5, 0.6) is 5.75 Å². The monoisotopic (exact) mass is 409 g/mol. The number of rotatable bonds is 6. The minimum Gasteiger partial charge on any atom is -0.488 e. The SMILES string of the molecule is Cc1ccc2nc(/C(C#N)=C/c3ccccc3OCc3ccc(C(=O)O)cc3)[nH]c2c1. The van der Waals surface area contributed by atoms with E-state index in [-0.39, 0.29) is 12.2 Å². The average molecular weight is 409 g/mol. The van der Waals surface area contributed by atoms with Crippen LogP contribution in [0.15, 0.2) is 66.7 Å². The number of fused-ring (bicyclic) bond motifs is 1. The van der Waals surface area contributed by atoms with Gasteiger partial charge in [0.1, 0.15) is 24.3 Å². The van der Waals surface area contributed by atoms with Crippen molar-refractivity contribution in [1.29, 1.82) is 5.26 Å². The molecule has 0 spiro atoms. The number of carbonyl (C=O) groups is 1. The Labute approximate surface area is 179 Å². The molecule has 1 heterocycles. The lowest BCUT2D eigenvalue weighted by Crippen LogP contribution is -1.99. The maximum absolute atomic E-state index is 11.0. The van der Waals surface area contributed by atoms with E-state index in [9.17, 15) is 10.1 Å². The van der Waals surface area contributed by atoms with Crippen LogP contribution in [0, 0.1) is 18.3 Å². The van der Waals surface area contributed by atoms with Crippen molar-refractivity contribution in [2.75, 3.05) is 0 Å². The third kappa shape index (κ3) is 4.46. The standard InChI is InChI=1S/C25H19N3O3/c1-16-6-11-21-22(12-16)28-24(27-21)20(14-26)13-19-4-2-3-5-23(19)31-15-17-7-9-18(10-8-17)25(29)30/h2-13H,15H2,1H3,(H,27,28)(H,29,30)/b20-13+. The maximum atomic E-state index is 11.0. The van der Waals surface area contributed by atoms with Crippen LogP contribution in [0.25, 0.3) is 22.7 Å². The van der Waals surface area contributed by atoms with Gasteiger partial charge in [-0.25, -0.2) is 9.78 Å². The number of allylic oxidation sites excluding steroid dienone is 1. The molecule has 152 valence electrons. The summed E-state index contributed by atoms with van der Waals surface area (Å²) >= 11 is 0. The number of aromatic carboxylic acids is 1. The van der Waals surface area contributed by atoms with E-state index in [1.165, 1.54) is 0 Å². The first kappa shape index (κ1) is 19.9. The minimum absolute atomic E-state index is 0.228. The molecule has 0 saturated heterocycles. The van der Waals surface area contributed by atoms with Crippen LogP contribution in [0.2, 0.25) is 0 Å². The number of para-hydroxylation sites is 1. The fourth-order valence-corrected chi connectivity index (χ4v) is 3.20. The number of hydrogen-bond donors (Lipinski definition) is 2. The lowest BCUT2D eigenvalue weighted by molar-refractivity contribution is 0.0697. The van der Waals surface area contributed by atoms with Crippen LogP contribution in [0.1, 0.15) is 32.9 Å². The fourth-order valence-electron chi connectivity index (χ4n) is 3.20. The summed E-state index contributed by atoms with van der Waals surface area (Å²) in [7, 11) is 0. The molecule has 6 nitrogen and oxygen atoms in total. The minimum atomic E-state index is -0.965. The van der Waals surface area contributed by atoms with Crippen LogP contribution in [0.4, 0.5) is 0 Å². The van der Waals surface area contributed by atoms with Gasteiger partial charge in [-0.15, -0.1) is 0 Å². The normalized spacial score (nSPS) is 11.3. The van der Waals surface area contributed by atoms with Crippen molar-refractivity contribution in [3.63, 3.8) is 0 Å². The molecule has 0 fully saturated rings. The van der Waals surface area contributed by atoms with Gasteiger partial charge in [-0.3, -0.25) is 0 Å². The Morgan fingerprint density at radius 1 is 1.16 bits per heavy atom. The molecule has 4 rings (SSSR count). The number of aryl methyl sites for hydroxylation is 1. The molecule has 0 aliphatic heterocycles. The molecule has 0 saturated carbocycles. The molecule has 0 radical (unpaired) electrons. The number of ether oxygens (including phenoxy) is 1. The third-order valence-electron chi connectivity index (χ3n) is 4.83. The quantitative estimate of drug-likeness (QED) is 0.426. The zero-order chi connectivity index (χ0) is 21.8. The molecule has 6 heteroatoms. The second kappa shape index (κ2) is 8.56.